The maximum atomic E-state index is 12.1. The van der Waals surface area contributed by atoms with E-state index in [1.165, 1.54) is 11.1 Å². The number of nitrogens with two attached hydrogens (primary N) is 1. The van der Waals surface area contributed by atoms with Crippen LogP contribution in [0, 0.1) is 13.8 Å². The summed E-state index contributed by atoms with van der Waals surface area (Å²) < 4.78 is 2.02. The Morgan fingerprint density at radius 1 is 1.17 bits per heavy atom. The van der Waals surface area contributed by atoms with Crippen LogP contribution in [0.2, 0.25) is 0 Å². The van der Waals surface area contributed by atoms with Gasteiger partial charge in [0.15, 0.2) is 0 Å². The highest BCUT2D eigenvalue weighted by molar-refractivity contribution is 5.91. The van der Waals surface area contributed by atoms with Crippen LogP contribution < -0.4 is 11.1 Å². The third-order valence-electron chi connectivity index (χ3n) is 4.01. The molecule has 0 bridgehead atoms. The molecular weight excluding hydrogens is 288 g/mol. The molecule has 0 saturated carbocycles. The van der Waals surface area contributed by atoms with E-state index in [1.807, 2.05) is 4.57 Å². The third kappa shape index (κ3) is 3.34. The maximum absolute atomic E-state index is 12.1. The average molecular weight is 308 g/mol. The molecule has 118 valence electrons. The van der Waals surface area contributed by atoms with Gasteiger partial charge in [-0.1, -0.05) is 0 Å². The number of hydrogen-bond donors (Lipinski definition) is 2. The van der Waals surface area contributed by atoms with Crippen molar-refractivity contribution in [2.45, 2.75) is 26.8 Å². The van der Waals surface area contributed by atoms with Gasteiger partial charge in [-0.25, -0.2) is 4.98 Å². The predicted molar refractivity (Wildman–Crippen MR) is 93.3 cm³/mol. The molecule has 0 spiro atoms. The number of nitrogens with one attached hydrogen (secondary N) is 1. The summed E-state index contributed by atoms with van der Waals surface area (Å²) in [6.45, 7) is 4.76. The van der Waals surface area contributed by atoms with Crippen LogP contribution in [0.25, 0.3) is 11.0 Å². The highest BCUT2D eigenvalue weighted by Gasteiger charge is 2.07. The number of rotatable bonds is 4. The first-order valence-corrected chi connectivity index (χ1v) is 7.60. The van der Waals surface area contributed by atoms with E-state index in [0.717, 1.165) is 16.7 Å². The van der Waals surface area contributed by atoms with Gasteiger partial charge in [0, 0.05) is 24.3 Å². The first kappa shape index (κ1) is 15.1. The largest absolute Gasteiger partial charge is 0.399 e. The van der Waals surface area contributed by atoms with Crippen molar-refractivity contribution in [3.63, 3.8) is 0 Å². The van der Waals surface area contributed by atoms with Crippen molar-refractivity contribution in [2.75, 3.05) is 11.1 Å². The molecule has 3 aromatic rings. The fourth-order valence-corrected chi connectivity index (χ4v) is 2.50. The summed E-state index contributed by atoms with van der Waals surface area (Å²) in [7, 11) is 0. The SMILES string of the molecule is Cc1cc2ncn(CCC(=O)Nc3ccc(N)cc3)c2cc1C. The third-order valence-corrected chi connectivity index (χ3v) is 4.01. The van der Waals surface area contributed by atoms with Gasteiger partial charge in [-0.05, 0) is 61.4 Å². The quantitative estimate of drug-likeness (QED) is 0.727. The lowest BCUT2D eigenvalue weighted by atomic mass is 10.1. The highest BCUT2D eigenvalue weighted by atomic mass is 16.1. The summed E-state index contributed by atoms with van der Waals surface area (Å²) in [5, 5.41) is 2.87. The van der Waals surface area contributed by atoms with Gasteiger partial charge in [-0.3, -0.25) is 4.79 Å². The van der Waals surface area contributed by atoms with Crippen LogP contribution in [0.1, 0.15) is 17.5 Å². The zero-order valence-corrected chi connectivity index (χ0v) is 13.3. The maximum Gasteiger partial charge on any atom is 0.226 e. The summed E-state index contributed by atoms with van der Waals surface area (Å²) in [5.74, 6) is -0.0274. The van der Waals surface area contributed by atoms with Gasteiger partial charge in [0.2, 0.25) is 5.91 Å². The number of benzene rings is 2. The van der Waals surface area contributed by atoms with Crippen molar-refractivity contribution in [2.24, 2.45) is 0 Å². The van der Waals surface area contributed by atoms with E-state index < -0.39 is 0 Å². The Morgan fingerprint density at radius 3 is 2.61 bits per heavy atom. The van der Waals surface area contributed by atoms with Crippen LogP contribution in [0.4, 0.5) is 11.4 Å². The van der Waals surface area contributed by atoms with Gasteiger partial charge in [0.1, 0.15) is 0 Å². The van der Waals surface area contributed by atoms with Crippen LogP contribution in [-0.4, -0.2) is 15.5 Å². The first-order chi connectivity index (χ1) is 11.0. The average Bonchev–Trinajstić information content (AvgIpc) is 2.90. The van der Waals surface area contributed by atoms with Crippen LogP contribution in [0.3, 0.4) is 0 Å². The fourth-order valence-electron chi connectivity index (χ4n) is 2.50. The zero-order valence-electron chi connectivity index (χ0n) is 13.3. The van der Waals surface area contributed by atoms with Crippen molar-refractivity contribution in [3.05, 3.63) is 53.9 Å². The highest BCUT2D eigenvalue weighted by Crippen LogP contribution is 2.19. The molecule has 1 heterocycles. The monoisotopic (exact) mass is 308 g/mol. The molecule has 0 unspecified atom stereocenters. The fraction of sp³-hybridized carbons (Fsp3) is 0.222. The molecule has 5 nitrogen and oxygen atoms in total. The molecule has 1 aromatic heterocycles. The van der Waals surface area contributed by atoms with Gasteiger partial charge < -0.3 is 15.6 Å². The molecule has 0 radical (unpaired) electrons. The van der Waals surface area contributed by atoms with E-state index in [1.54, 1.807) is 30.6 Å². The standard InChI is InChI=1S/C18H20N4O/c1-12-9-16-17(10-13(12)2)22(11-20-16)8-7-18(23)21-15-5-3-14(19)4-6-15/h3-6,9-11H,7-8,19H2,1-2H3,(H,21,23). The Kier molecular flexibility index (Phi) is 4.02. The predicted octanol–water partition coefficient (Wildman–Crippen LogP) is 3.26. The van der Waals surface area contributed by atoms with Crippen LogP contribution in [0.5, 0.6) is 0 Å². The van der Waals surface area contributed by atoms with E-state index in [0.29, 0.717) is 18.7 Å². The minimum absolute atomic E-state index is 0.0274. The summed E-state index contributed by atoms with van der Waals surface area (Å²) in [6.07, 6.45) is 2.18. The van der Waals surface area contributed by atoms with Gasteiger partial charge >= 0.3 is 0 Å². The number of aryl methyl sites for hydroxylation is 3. The van der Waals surface area contributed by atoms with E-state index in [4.69, 9.17) is 5.73 Å². The summed E-state index contributed by atoms with van der Waals surface area (Å²) in [5.41, 5.74) is 11.5. The second-order valence-electron chi connectivity index (χ2n) is 5.78. The van der Waals surface area contributed by atoms with E-state index in [-0.39, 0.29) is 5.91 Å². The lowest BCUT2D eigenvalue weighted by Gasteiger charge is -2.08. The molecule has 0 atom stereocenters. The van der Waals surface area contributed by atoms with Gasteiger partial charge in [-0.15, -0.1) is 0 Å². The number of carbonyl (C=O) groups excluding carboxylic acids is 1. The van der Waals surface area contributed by atoms with Gasteiger partial charge in [-0.2, -0.15) is 0 Å². The number of anilines is 2. The first-order valence-electron chi connectivity index (χ1n) is 7.60. The van der Waals surface area contributed by atoms with Crippen LogP contribution in [-0.2, 0) is 11.3 Å². The van der Waals surface area contributed by atoms with Crippen LogP contribution in [0.15, 0.2) is 42.7 Å². The number of fused-ring (bicyclic) bond motifs is 1. The summed E-state index contributed by atoms with van der Waals surface area (Å²) >= 11 is 0. The van der Waals surface area contributed by atoms with Crippen molar-refractivity contribution in [3.8, 4) is 0 Å². The minimum Gasteiger partial charge on any atom is -0.399 e. The van der Waals surface area contributed by atoms with Crippen molar-refractivity contribution >= 4 is 28.3 Å². The van der Waals surface area contributed by atoms with Crippen LogP contribution >= 0.6 is 0 Å². The van der Waals surface area contributed by atoms with E-state index in [2.05, 4.69) is 36.3 Å². The Morgan fingerprint density at radius 2 is 1.87 bits per heavy atom. The van der Waals surface area contributed by atoms with E-state index in [9.17, 15) is 4.79 Å². The number of nitrogen functional groups attached to an aromatic ring is 1. The molecule has 0 saturated heterocycles. The molecule has 23 heavy (non-hydrogen) atoms. The van der Waals surface area contributed by atoms with Crippen molar-refractivity contribution in [1.29, 1.82) is 0 Å². The van der Waals surface area contributed by atoms with E-state index >= 15 is 0 Å². The minimum atomic E-state index is -0.0274. The molecule has 5 heteroatoms. The lowest BCUT2D eigenvalue weighted by molar-refractivity contribution is -0.116. The van der Waals surface area contributed by atoms with Crippen molar-refractivity contribution < 1.29 is 4.79 Å². The number of nitrogens with zero attached hydrogens (tertiary/aromatic N) is 2. The molecule has 3 N–H and O–H groups in total. The molecule has 0 aliphatic heterocycles. The summed E-state index contributed by atoms with van der Waals surface area (Å²) in [6, 6.07) is 11.3. The number of hydrogen-bond acceptors (Lipinski definition) is 3. The summed E-state index contributed by atoms with van der Waals surface area (Å²) in [4.78, 5) is 16.5. The topological polar surface area (TPSA) is 72.9 Å². The zero-order chi connectivity index (χ0) is 16.4. The number of amides is 1. The molecule has 0 aliphatic rings. The molecule has 3 rings (SSSR count). The molecule has 2 aromatic carbocycles. The Labute approximate surface area is 135 Å². The Bertz CT molecular complexity index is 849. The second kappa shape index (κ2) is 6.12. The Hall–Kier alpha value is -2.82. The molecular formula is C18H20N4O. The molecule has 1 amide bonds. The van der Waals surface area contributed by atoms with Crippen molar-refractivity contribution in [1.82, 2.24) is 9.55 Å². The number of imidazole rings is 1. The Balaban J connectivity index is 1.67. The lowest BCUT2D eigenvalue weighted by Crippen LogP contribution is -2.14. The number of aromatic nitrogens is 2. The number of carbonyl (C=O) groups is 1. The van der Waals surface area contributed by atoms with Gasteiger partial charge in [0.05, 0.1) is 17.4 Å². The van der Waals surface area contributed by atoms with Gasteiger partial charge in [0.25, 0.3) is 0 Å². The molecule has 0 aliphatic carbocycles. The normalized spacial score (nSPS) is 10.9. The molecule has 0 fully saturated rings. The smallest absolute Gasteiger partial charge is 0.226 e. The second-order valence-corrected chi connectivity index (χ2v) is 5.78.